The summed E-state index contributed by atoms with van der Waals surface area (Å²) in [6.07, 6.45) is 0.814. The lowest BCUT2D eigenvalue weighted by Crippen LogP contribution is -2.26. The van der Waals surface area contributed by atoms with Crippen LogP contribution in [0.3, 0.4) is 0 Å². The van der Waals surface area contributed by atoms with Gasteiger partial charge in [0.15, 0.2) is 0 Å². The molecule has 0 saturated heterocycles. The predicted molar refractivity (Wildman–Crippen MR) is 88.3 cm³/mol. The molecule has 0 aliphatic heterocycles. The lowest BCUT2D eigenvalue weighted by atomic mass is 10.2. The van der Waals surface area contributed by atoms with E-state index in [1.165, 1.54) is 4.88 Å². The summed E-state index contributed by atoms with van der Waals surface area (Å²) in [6, 6.07) is 11.5. The van der Waals surface area contributed by atoms with Crippen LogP contribution in [-0.4, -0.2) is 9.55 Å². The Bertz CT molecular complexity index is 809. The van der Waals surface area contributed by atoms with Crippen molar-refractivity contribution in [3.63, 3.8) is 0 Å². The maximum Gasteiger partial charge on any atom is 0.261 e. The van der Waals surface area contributed by atoms with Crippen LogP contribution >= 0.6 is 22.9 Å². The molecule has 0 aliphatic rings. The van der Waals surface area contributed by atoms with Gasteiger partial charge in [-0.05, 0) is 36.9 Å². The van der Waals surface area contributed by atoms with Crippen molar-refractivity contribution >= 4 is 33.8 Å². The van der Waals surface area contributed by atoms with E-state index >= 15 is 0 Å². The maximum atomic E-state index is 12.7. The quantitative estimate of drug-likeness (QED) is 0.681. The van der Waals surface area contributed by atoms with E-state index in [4.69, 9.17) is 11.6 Å². The molecule has 3 aromatic rings. The van der Waals surface area contributed by atoms with Crippen molar-refractivity contribution in [2.45, 2.75) is 25.3 Å². The normalized spacial score (nSPS) is 12.7. The highest BCUT2D eigenvalue weighted by Crippen LogP contribution is 2.19. The zero-order valence-corrected chi connectivity index (χ0v) is 13.2. The minimum atomic E-state index is -0.300. The van der Waals surface area contributed by atoms with Crippen LogP contribution in [0.15, 0.2) is 46.6 Å². The number of rotatable bonds is 4. The average Bonchev–Trinajstić information content (AvgIpc) is 2.99. The van der Waals surface area contributed by atoms with Gasteiger partial charge in [0.25, 0.3) is 5.56 Å². The van der Waals surface area contributed by atoms with Gasteiger partial charge < -0.3 is 0 Å². The molecule has 5 heteroatoms. The highest BCUT2D eigenvalue weighted by Gasteiger charge is 2.14. The standard InChI is InChI=1S/C16H15ClN2OS/c1-11(17)15-18-14-7-3-2-6-13(14)16(20)19(15)9-8-12-5-4-10-21-12/h2-7,10-11H,8-9H2,1H3. The Kier molecular flexibility index (Phi) is 4.08. The second-order valence-electron chi connectivity index (χ2n) is 4.89. The lowest BCUT2D eigenvalue weighted by molar-refractivity contribution is 0.619. The zero-order valence-electron chi connectivity index (χ0n) is 11.6. The number of fused-ring (bicyclic) bond motifs is 1. The number of halogens is 1. The third kappa shape index (κ3) is 2.87. The predicted octanol–water partition coefficient (Wildman–Crippen LogP) is 4.00. The van der Waals surface area contributed by atoms with Gasteiger partial charge in [-0.1, -0.05) is 18.2 Å². The molecule has 1 unspecified atom stereocenters. The van der Waals surface area contributed by atoms with E-state index < -0.39 is 0 Å². The number of nitrogens with zero attached hydrogens (tertiary/aromatic N) is 2. The second kappa shape index (κ2) is 6.00. The summed E-state index contributed by atoms with van der Waals surface area (Å²) in [6.45, 7) is 2.45. The van der Waals surface area contributed by atoms with E-state index in [0.717, 1.165) is 6.42 Å². The highest BCUT2D eigenvalue weighted by atomic mass is 35.5. The van der Waals surface area contributed by atoms with Crippen LogP contribution in [0.5, 0.6) is 0 Å². The SMILES string of the molecule is CC(Cl)c1nc2ccccc2c(=O)n1CCc1cccs1. The topological polar surface area (TPSA) is 34.9 Å². The van der Waals surface area contributed by atoms with Gasteiger partial charge in [-0.3, -0.25) is 9.36 Å². The van der Waals surface area contributed by atoms with E-state index in [1.54, 1.807) is 15.9 Å². The molecule has 0 radical (unpaired) electrons. The molecule has 2 heterocycles. The largest absolute Gasteiger partial charge is 0.295 e. The molecule has 3 nitrogen and oxygen atoms in total. The van der Waals surface area contributed by atoms with Gasteiger partial charge in [0, 0.05) is 11.4 Å². The molecule has 0 fully saturated rings. The molecule has 0 spiro atoms. The van der Waals surface area contributed by atoms with E-state index in [2.05, 4.69) is 11.1 Å². The molecular formula is C16H15ClN2OS. The Morgan fingerprint density at radius 2 is 2.10 bits per heavy atom. The monoisotopic (exact) mass is 318 g/mol. The summed E-state index contributed by atoms with van der Waals surface area (Å²) >= 11 is 7.92. The van der Waals surface area contributed by atoms with Crippen molar-refractivity contribution in [1.82, 2.24) is 9.55 Å². The van der Waals surface area contributed by atoms with Gasteiger partial charge >= 0.3 is 0 Å². The zero-order chi connectivity index (χ0) is 14.8. The fourth-order valence-corrected chi connectivity index (χ4v) is 3.25. The lowest BCUT2D eigenvalue weighted by Gasteiger charge is -2.14. The highest BCUT2D eigenvalue weighted by molar-refractivity contribution is 7.09. The molecule has 0 bridgehead atoms. The second-order valence-corrected chi connectivity index (χ2v) is 6.58. The number of aromatic nitrogens is 2. The fraction of sp³-hybridized carbons (Fsp3) is 0.250. The van der Waals surface area contributed by atoms with Crippen molar-refractivity contribution in [3.8, 4) is 0 Å². The van der Waals surface area contributed by atoms with Gasteiger partial charge in [0.2, 0.25) is 0 Å². The minimum Gasteiger partial charge on any atom is -0.295 e. The van der Waals surface area contributed by atoms with Crippen molar-refractivity contribution in [2.75, 3.05) is 0 Å². The molecule has 1 atom stereocenters. The Labute approximate surface area is 131 Å². The summed E-state index contributed by atoms with van der Waals surface area (Å²) in [4.78, 5) is 18.5. The van der Waals surface area contributed by atoms with Crippen molar-refractivity contribution in [1.29, 1.82) is 0 Å². The first-order valence-corrected chi connectivity index (χ1v) is 8.14. The number of alkyl halides is 1. The van der Waals surface area contributed by atoms with Crippen molar-refractivity contribution in [2.24, 2.45) is 0 Å². The molecule has 0 aliphatic carbocycles. The summed E-state index contributed by atoms with van der Waals surface area (Å²) in [5.74, 6) is 0.636. The summed E-state index contributed by atoms with van der Waals surface area (Å²) in [7, 11) is 0. The smallest absolute Gasteiger partial charge is 0.261 e. The van der Waals surface area contributed by atoms with Gasteiger partial charge in [-0.15, -0.1) is 22.9 Å². The Balaban J connectivity index is 2.08. The van der Waals surface area contributed by atoms with Crippen LogP contribution in [-0.2, 0) is 13.0 Å². The Morgan fingerprint density at radius 3 is 2.81 bits per heavy atom. The maximum absolute atomic E-state index is 12.7. The molecule has 21 heavy (non-hydrogen) atoms. The van der Waals surface area contributed by atoms with Crippen LogP contribution in [0.2, 0.25) is 0 Å². The molecule has 3 rings (SSSR count). The third-order valence-electron chi connectivity index (χ3n) is 3.41. The number of para-hydroxylation sites is 1. The van der Waals surface area contributed by atoms with Crippen molar-refractivity contribution in [3.05, 3.63) is 62.8 Å². The number of hydrogen-bond acceptors (Lipinski definition) is 3. The third-order valence-corrected chi connectivity index (χ3v) is 4.54. The summed E-state index contributed by atoms with van der Waals surface area (Å²) < 4.78 is 1.71. The van der Waals surface area contributed by atoms with Crippen LogP contribution in [0.25, 0.3) is 10.9 Å². The van der Waals surface area contributed by atoms with Gasteiger partial charge in [0.1, 0.15) is 5.82 Å². The van der Waals surface area contributed by atoms with Crippen LogP contribution < -0.4 is 5.56 Å². The number of aryl methyl sites for hydroxylation is 1. The summed E-state index contributed by atoms with van der Waals surface area (Å²) in [5.41, 5.74) is 0.692. The van der Waals surface area contributed by atoms with E-state index in [0.29, 0.717) is 23.3 Å². The van der Waals surface area contributed by atoms with E-state index in [9.17, 15) is 4.79 Å². The molecule has 0 amide bonds. The summed E-state index contributed by atoms with van der Waals surface area (Å²) in [5, 5.41) is 2.39. The van der Waals surface area contributed by atoms with Crippen LogP contribution in [0.1, 0.15) is 23.0 Å². The first kappa shape index (κ1) is 14.3. The van der Waals surface area contributed by atoms with E-state index in [1.807, 2.05) is 42.6 Å². The van der Waals surface area contributed by atoms with Crippen LogP contribution in [0.4, 0.5) is 0 Å². The first-order valence-electron chi connectivity index (χ1n) is 6.83. The average molecular weight is 319 g/mol. The Hall–Kier alpha value is -1.65. The molecule has 0 N–H and O–H groups in total. The fourth-order valence-electron chi connectivity index (χ4n) is 2.38. The molecule has 108 valence electrons. The Morgan fingerprint density at radius 1 is 1.29 bits per heavy atom. The van der Waals surface area contributed by atoms with Gasteiger partial charge in [0.05, 0.1) is 16.3 Å². The minimum absolute atomic E-state index is 0.0142. The van der Waals surface area contributed by atoms with Gasteiger partial charge in [-0.25, -0.2) is 4.98 Å². The molecular weight excluding hydrogens is 304 g/mol. The number of benzene rings is 1. The molecule has 0 saturated carbocycles. The number of thiophene rings is 1. The number of hydrogen-bond donors (Lipinski definition) is 0. The first-order chi connectivity index (χ1) is 10.2. The van der Waals surface area contributed by atoms with E-state index in [-0.39, 0.29) is 10.9 Å². The van der Waals surface area contributed by atoms with Gasteiger partial charge in [-0.2, -0.15) is 0 Å². The van der Waals surface area contributed by atoms with Crippen LogP contribution in [0, 0.1) is 0 Å². The molecule has 2 aromatic heterocycles. The molecule has 1 aromatic carbocycles. The van der Waals surface area contributed by atoms with Crippen molar-refractivity contribution < 1.29 is 0 Å².